The van der Waals surface area contributed by atoms with Crippen LogP contribution in [0.2, 0.25) is 0 Å². The van der Waals surface area contributed by atoms with E-state index in [0.29, 0.717) is 12.8 Å². The summed E-state index contributed by atoms with van der Waals surface area (Å²) in [5.74, 6) is 0. The average Bonchev–Trinajstić information content (AvgIpc) is 2.39. The van der Waals surface area contributed by atoms with E-state index < -0.39 is 0 Å². The average molecular weight is 157 g/mol. The number of carbonyl (C=O) groups excluding carboxylic acids is 2. The van der Waals surface area contributed by atoms with Crippen molar-refractivity contribution in [3.05, 3.63) is 0 Å². The third-order valence-corrected chi connectivity index (χ3v) is 1.75. The fourth-order valence-corrected chi connectivity index (χ4v) is 1.22. The summed E-state index contributed by atoms with van der Waals surface area (Å²) in [4.78, 5) is 20.1. The third kappa shape index (κ3) is 1.91. The summed E-state index contributed by atoms with van der Waals surface area (Å²) in [6.45, 7) is 0.816. The summed E-state index contributed by atoms with van der Waals surface area (Å²) >= 11 is 0. The van der Waals surface area contributed by atoms with Crippen molar-refractivity contribution in [3.8, 4) is 0 Å². The van der Waals surface area contributed by atoms with Crippen LogP contribution in [0.1, 0.15) is 6.42 Å². The summed E-state index contributed by atoms with van der Waals surface area (Å²) in [5, 5.41) is 8.21. The van der Waals surface area contributed by atoms with E-state index in [-0.39, 0.29) is 12.2 Å². The Kier molecular flexibility index (Phi) is 2.85. The molecule has 0 aromatic rings. The molecular formula is C6H11N3O2. The van der Waals surface area contributed by atoms with Crippen molar-refractivity contribution in [2.45, 2.75) is 18.6 Å². The van der Waals surface area contributed by atoms with Crippen molar-refractivity contribution in [1.82, 2.24) is 16.0 Å². The molecule has 0 spiro atoms. The second-order valence-corrected chi connectivity index (χ2v) is 2.40. The van der Waals surface area contributed by atoms with Gasteiger partial charge in [0.1, 0.15) is 0 Å². The molecule has 0 aromatic heterocycles. The number of hydrogen-bond acceptors (Lipinski definition) is 3. The molecule has 0 aliphatic carbocycles. The quantitative estimate of drug-likeness (QED) is 0.420. The van der Waals surface area contributed by atoms with Crippen LogP contribution in [0.4, 0.5) is 0 Å². The highest BCUT2D eigenvalue weighted by Gasteiger charge is 2.24. The lowest BCUT2D eigenvalue weighted by molar-refractivity contribution is -0.112. The van der Waals surface area contributed by atoms with Crippen LogP contribution in [0.5, 0.6) is 0 Å². The van der Waals surface area contributed by atoms with E-state index in [2.05, 4.69) is 16.0 Å². The molecule has 2 amide bonds. The maximum Gasteiger partial charge on any atom is 0.208 e. The van der Waals surface area contributed by atoms with Gasteiger partial charge in [0.25, 0.3) is 0 Å². The molecular weight excluding hydrogens is 146 g/mol. The second-order valence-electron chi connectivity index (χ2n) is 2.40. The van der Waals surface area contributed by atoms with Gasteiger partial charge in [0.05, 0.1) is 12.2 Å². The zero-order valence-electron chi connectivity index (χ0n) is 6.04. The fraction of sp³-hybridized carbons (Fsp3) is 0.667. The summed E-state index contributed by atoms with van der Waals surface area (Å²) in [5.41, 5.74) is 0. The van der Waals surface area contributed by atoms with Gasteiger partial charge >= 0.3 is 0 Å². The maximum absolute atomic E-state index is 10.1. The minimum absolute atomic E-state index is 0.0256. The minimum Gasteiger partial charge on any atom is -0.352 e. The number of carbonyl (C=O) groups is 2. The highest BCUT2D eigenvalue weighted by atomic mass is 16.1. The van der Waals surface area contributed by atoms with Crippen LogP contribution in [0.3, 0.4) is 0 Å². The smallest absolute Gasteiger partial charge is 0.208 e. The lowest BCUT2D eigenvalue weighted by Crippen LogP contribution is -2.49. The Hall–Kier alpha value is -1.10. The van der Waals surface area contributed by atoms with E-state index in [9.17, 15) is 9.59 Å². The van der Waals surface area contributed by atoms with Crippen molar-refractivity contribution >= 4 is 12.8 Å². The van der Waals surface area contributed by atoms with Crippen LogP contribution in [-0.2, 0) is 9.59 Å². The van der Waals surface area contributed by atoms with Crippen molar-refractivity contribution in [3.63, 3.8) is 0 Å². The first kappa shape index (κ1) is 8.00. The molecule has 0 aromatic carbocycles. The molecule has 2 atom stereocenters. The predicted molar refractivity (Wildman–Crippen MR) is 38.6 cm³/mol. The van der Waals surface area contributed by atoms with Gasteiger partial charge in [-0.25, -0.2) is 0 Å². The van der Waals surface area contributed by atoms with Gasteiger partial charge in [0, 0.05) is 0 Å². The van der Waals surface area contributed by atoms with Crippen molar-refractivity contribution in [2.24, 2.45) is 0 Å². The molecule has 0 bridgehead atoms. The lowest BCUT2D eigenvalue weighted by Gasteiger charge is -2.16. The Morgan fingerprint density at radius 3 is 2.64 bits per heavy atom. The lowest BCUT2D eigenvalue weighted by atomic mass is 10.2. The van der Waals surface area contributed by atoms with Gasteiger partial charge in [-0.2, -0.15) is 0 Å². The summed E-state index contributed by atoms with van der Waals surface area (Å²) in [7, 11) is 0. The summed E-state index contributed by atoms with van der Waals surface area (Å²) in [6.07, 6.45) is 2.02. The highest BCUT2D eigenvalue weighted by molar-refractivity contribution is 5.49. The first-order valence-corrected chi connectivity index (χ1v) is 3.51. The molecule has 1 aliphatic rings. The molecule has 0 radical (unpaired) electrons. The molecule has 2 unspecified atom stereocenters. The van der Waals surface area contributed by atoms with E-state index in [1.54, 1.807) is 0 Å². The first-order chi connectivity index (χ1) is 5.38. The molecule has 1 fully saturated rings. The van der Waals surface area contributed by atoms with Gasteiger partial charge < -0.3 is 10.6 Å². The van der Waals surface area contributed by atoms with E-state index >= 15 is 0 Å². The van der Waals surface area contributed by atoms with Gasteiger partial charge in [-0.1, -0.05) is 0 Å². The number of rotatable bonds is 4. The monoisotopic (exact) mass is 157 g/mol. The SMILES string of the molecule is O=CNC1CCNC1NC=O. The van der Waals surface area contributed by atoms with Crippen LogP contribution in [-0.4, -0.2) is 31.6 Å². The normalized spacial score (nSPS) is 29.5. The van der Waals surface area contributed by atoms with E-state index in [1.165, 1.54) is 0 Å². The molecule has 1 aliphatic heterocycles. The van der Waals surface area contributed by atoms with Gasteiger partial charge in [0.2, 0.25) is 12.8 Å². The van der Waals surface area contributed by atoms with Crippen LogP contribution >= 0.6 is 0 Å². The standard InChI is InChI=1S/C6H11N3O2/c10-3-8-5-1-2-7-6(5)9-4-11/h3-7H,1-2H2,(H,8,10)(H,9,11). The van der Waals surface area contributed by atoms with Gasteiger partial charge in [-0.05, 0) is 13.0 Å². The number of nitrogens with one attached hydrogen (secondary N) is 3. The molecule has 5 nitrogen and oxygen atoms in total. The summed E-state index contributed by atoms with van der Waals surface area (Å²) in [6, 6.07) is 0.0256. The molecule has 11 heavy (non-hydrogen) atoms. The molecule has 5 heteroatoms. The van der Waals surface area contributed by atoms with Crippen LogP contribution in [0, 0.1) is 0 Å². The molecule has 1 rings (SSSR count). The zero-order chi connectivity index (χ0) is 8.10. The zero-order valence-corrected chi connectivity index (χ0v) is 6.04. The summed E-state index contributed by atoms with van der Waals surface area (Å²) < 4.78 is 0. The van der Waals surface area contributed by atoms with Gasteiger partial charge in [0.15, 0.2) is 0 Å². The molecule has 1 saturated heterocycles. The molecule has 0 saturated carbocycles. The second kappa shape index (κ2) is 3.92. The maximum atomic E-state index is 10.1. The third-order valence-electron chi connectivity index (χ3n) is 1.75. The van der Waals surface area contributed by atoms with Gasteiger partial charge in [-0.15, -0.1) is 0 Å². The predicted octanol–water partition coefficient (Wildman–Crippen LogP) is -1.83. The van der Waals surface area contributed by atoms with E-state index in [0.717, 1.165) is 13.0 Å². The Balaban J connectivity index is 2.36. The van der Waals surface area contributed by atoms with E-state index in [4.69, 9.17) is 0 Å². The van der Waals surface area contributed by atoms with Crippen LogP contribution < -0.4 is 16.0 Å². The van der Waals surface area contributed by atoms with Crippen molar-refractivity contribution < 1.29 is 9.59 Å². The van der Waals surface area contributed by atoms with Crippen LogP contribution in [0.15, 0.2) is 0 Å². The van der Waals surface area contributed by atoms with Crippen LogP contribution in [0.25, 0.3) is 0 Å². The topological polar surface area (TPSA) is 70.2 Å². The number of amides is 2. The van der Waals surface area contributed by atoms with E-state index in [1.807, 2.05) is 0 Å². The Labute approximate surface area is 64.5 Å². The Morgan fingerprint density at radius 1 is 1.27 bits per heavy atom. The fourth-order valence-electron chi connectivity index (χ4n) is 1.22. The first-order valence-electron chi connectivity index (χ1n) is 3.51. The molecule has 3 N–H and O–H groups in total. The Morgan fingerprint density at radius 2 is 2.00 bits per heavy atom. The largest absolute Gasteiger partial charge is 0.352 e. The highest BCUT2D eigenvalue weighted by Crippen LogP contribution is 2.02. The number of hydrogen-bond donors (Lipinski definition) is 3. The Bertz CT molecular complexity index is 135. The van der Waals surface area contributed by atoms with Crippen molar-refractivity contribution in [2.75, 3.05) is 6.54 Å². The van der Waals surface area contributed by atoms with Crippen molar-refractivity contribution in [1.29, 1.82) is 0 Å². The molecule has 62 valence electrons. The van der Waals surface area contributed by atoms with Gasteiger partial charge in [-0.3, -0.25) is 14.9 Å². The minimum atomic E-state index is -0.113. The molecule has 1 heterocycles.